The van der Waals surface area contributed by atoms with Crippen LogP contribution in [0.15, 0.2) is 46.8 Å². The molecule has 1 unspecified atom stereocenters. The maximum absolute atomic E-state index is 10.5. The molecule has 0 saturated carbocycles. The summed E-state index contributed by atoms with van der Waals surface area (Å²) in [6, 6.07) is 12.1. The molecule has 0 saturated heterocycles. The van der Waals surface area contributed by atoms with E-state index in [2.05, 4.69) is 43.3 Å². The minimum atomic E-state index is -0.615. The van der Waals surface area contributed by atoms with Crippen molar-refractivity contribution in [3.05, 3.63) is 69.4 Å². The van der Waals surface area contributed by atoms with Crippen LogP contribution in [-0.4, -0.2) is 38.9 Å². The van der Waals surface area contributed by atoms with Crippen molar-refractivity contribution in [2.75, 3.05) is 13.1 Å². The summed E-state index contributed by atoms with van der Waals surface area (Å²) >= 11 is 1.74. The monoisotopic (exact) mass is 412 g/mol. The highest BCUT2D eigenvalue weighted by Crippen LogP contribution is 2.13. The largest absolute Gasteiger partial charge is 0.387 e. The van der Waals surface area contributed by atoms with Crippen LogP contribution in [0.3, 0.4) is 0 Å². The Bertz CT molecular complexity index is 935. The third kappa shape index (κ3) is 6.13. The first-order valence-corrected chi connectivity index (χ1v) is 10.5. The molecule has 7 nitrogen and oxygen atoms in total. The summed E-state index contributed by atoms with van der Waals surface area (Å²) in [5.41, 5.74) is 2.02. The van der Waals surface area contributed by atoms with Gasteiger partial charge in [0.15, 0.2) is 11.8 Å². The van der Waals surface area contributed by atoms with E-state index < -0.39 is 6.10 Å². The van der Waals surface area contributed by atoms with Crippen molar-refractivity contribution in [1.82, 2.24) is 25.4 Å². The Kier molecular flexibility index (Phi) is 7.37. The molecule has 1 aromatic carbocycles. The van der Waals surface area contributed by atoms with Crippen LogP contribution in [0.25, 0.3) is 0 Å². The fourth-order valence-corrected chi connectivity index (χ4v) is 3.57. The number of aromatic nitrogens is 3. The van der Waals surface area contributed by atoms with Crippen LogP contribution >= 0.6 is 11.3 Å². The first-order valence-electron chi connectivity index (χ1n) is 9.67. The predicted octanol–water partition coefficient (Wildman–Crippen LogP) is 2.50. The lowest BCUT2D eigenvalue weighted by atomic mass is 10.1. The third-order valence-electron chi connectivity index (χ3n) is 4.70. The van der Waals surface area contributed by atoms with Gasteiger partial charge in [-0.05, 0) is 37.3 Å². The molecular weight excluding hydrogens is 384 g/mol. The van der Waals surface area contributed by atoms with Gasteiger partial charge in [-0.1, -0.05) is 35.9 Å². The fourth-order valence-electron chi connectivity index (χ4n) is 2.86. The number of aliphatic hydroxyl groups excluding tert-OH is 1. The molecule has 2 heterocycles. The van der Waals surface area contributed by atoms with Gasteiger partial charge in [0, 0.05) is 25.0 Å². The van der Waals surface area contributed by atoms with Gasteiger partial charge >= 0.3 is 0 Å². The molecule has 0 aliphatic heterocycles. The van der Waals surface area contributed by atoms with Crippen LogP contribution in [0.2, 0.25) is 0 Å². The zero-order valence-corrected chi connectivity index (χ0v) is 17.9. The standard InChI is InChI=1S/C21H28N6OS/c1-15-6-4-7-17(12-15)19(28)13-23-21(22-10-9-18-8-5-11-29-18)24-14-20-26-25-16(2)27(20)3/h4-8,11-12,19,28H,9-10,13-14H2,1-3H3,(H2,22,23,24). The van der Waals surface area contributed by atoms with E-state index >= 15 is 0 Å². The van der Waals surface area contributed by atoms with Gasteiger partial charge < -0.3 is 20.3 Å². The molecule has 0 aliphatic carbocycles. The van der Waals surface area contributed by atoms with Crippen LogP contribution < -0.4 is 10.6 Å². The normalized spacial score (nSPS) is 12.8. The van der Waals surface area contributed by atoms with Crippen molar-refractivity contribution in [2.24, 2.45) is 12.0 Å². The molecule has 2 aromatic heterocycles. The van der Waals surface area contributed by atoms with Gasteiger partial charge in [0.2, 0.25) is 0 Å². The molecule has 3 N–H and O–H groups in total. The Labute approximate surface area is 175 Å². The van der Waals surface area contributed by atoms with E-state index in [1.54, 1.807) is 11.3 Å². The lowest BCUT2D eigenvalue weighted by molar-refractivity contribution is 0.181. The van der Waals surface area contributed by atoms with Crippen LogP contribution in [-0.2, 0) is 20.0 Å². The molecule has 29 heavy (non-hydrogen) atoms. The van der Waals surface area contributed by atoms with Crippen LogP contribution in [0.1, 0.15) is 33.8 Å². The number of guanidine groups is 1. The molecule has 154 valence electrons. The number of hydrogen-bond donors (Lipinski definition) is 3. The van der Waals surface area contributed by atoms with Crippen LogP contribution in [0.4, 0.5) is 0 Å². The molecule has 0 radical (unpaired) electrons. The van der Waals surface area contributed by atoms with E-state index in [0.29, 0.717) is 19.0 Å². The Hall–Kier alpha value is -2.71. The lowest BCUT2D eigenvalue weighted by Gasteiger charge is -2.16. The minimum absolute atomic E-state index is 0.367. The molecule has 0 bridgehead atoms. The quantitative estimate of drug-likeness (QED) is 0.391. The highest BCUT2D eigenvalue weighted by atomic mass is 32.1. The zero-order valence-electron chi connectivity index (χ0n) is 17.1. The summed E-state index contributed by atoms with van der Waals surface area (Å²) in [7, 11) is 1.93. The number of aryl methyl sites for hydroxylation is 2. The summed E-state index contributed by atoms with van der Waals surface area (Å²) in [6.45, 7) is 5.46. The number of rotatable bonds is 8. The van der Waals surface area contributed by atoms with E-state index in [-0.39, 0.29) is 0 Å². The van der Waals surface area contributed by atoms with Gasteiger partial charge in [0.1, 0.15) is 12.4 Å². The second-order valence-electron chi connectivity index (χ2n) is 6.95. The van der Waals surface area contributed by atoms with Gasteiger partial charge in [-0.3, -0.25) is 0 Å². The van der Waals surface area contributed by atoms with Crippen molar-refractivity contribution in [3.63, 3.8) is 0 Å². The minimum Gasteiger partial charge on any atom is -0.387 e. The Morgan fingerprint density at radius 3 is 2.76 bits per heavy atom. The number of benzene rings is 1. The van der Waals surface area contributed by atoms with Gasteiger partial charge in [0.25, 0.3) is 0 Å². The highest BCUT2D eigenvalue weighted by Gasteiger charge is 2.10. The summed E-state index contributed by atoms with van der Waals surface area (Å²) in [6.07, 6.45) is 0.304. The molecule has 0 spiro atoms. The SMILES string of the molecule is Cc1cccc(C(O)CNC(=NCc2nnc(C)n2C)NCCc2cccs2)c1. The fraction of sp³-hybridized carbons (Fsp3) is 0.381. The maximum Gasteiger partial charge on any atom is 0.191 e. The van der Waals surface area contributed by atoms with Gasteiger partial charge in [0.05, 0.1) is 6.10 Å². The smallest absolute Gasteiger partial charge is 0.191 e. The van der Waals surface area contributed by atoms with Crippen molar-refractivity contribution >= 4 is 17.3 Å². The van der Waals surface area contributed by atoms with Gasteiger partial charge in [-0.2, -0.15) is 0 Å². The number of aliphatic imine (C=N–C) groups is 1. The second-order valence-corrected chi connectivity index (χ2v) is 7.99. The first-order chi connectivity index (χ1) is 14.0. The van der Waals surface area contributed by atoms with E-state index in [1.165, 1.54) is 4.88 Å². The molecule has 3 rings (SSSR count). The number of aliphatic hydroxyl groups is 1. The van der Waals surface area contributed by atoms with E-state index in [0.717, 1.165) is 35.7 Å². The molecule has 0 fully saturated rings. The van der Waals surface area contributed by atoms with Crippen molar-refractivity contribution in [1.29, 1.82) is 0 Å². The summed E-state index contributed by atoms with van der Waals surface area (Å²) in [5, 5.41) is 27.5. The first kappa shape index (κ1) is 21.0. The van der Waals surface area contributed by atoms with Crippen molar-refractivity contribution in [3.8, 4) is 0 Å². The molecular formula is C21H28N6OS. The third-order valence-corrected chi connectivity index (χ3v) is 5.63. The Morgan fingerprint density at radius 2 is 2.07 bits per heavy atom. The second kappa shape index (κ2) is 10.2. The van der Waals surface area contributed by atoms with E-state index in [9.17, 15) is 5.11 Å². The van der Waals surface area contributed by atoms with Crippen LogP contribution in [0.5, 0.6) is 0 Å². The Balaban J connectivity index is 1.62. The zero-order chi connectivity index (χ0) is 20.6. The van der Waals surface area contributed by atoms with Gasteiger partial charge in [-0.25, -0.2) is 4.99 Å². The average Bonchev–Trinajstić information content (AvgIpc) is 3.34. The Morgan fingerprint density at radius 1 is 1.21 bits per heavy atom. The summed E-state index contributed by atoms with van der Waals surface area (Å²) in [4.78, 5) is 5.95. The maximum atomic E-state index is 10.5. The van der Waals surface area contributed by atoms with Crippen molar-refractivity contribution in [2.45, 2.75) is 32.9 Å². The topological polar surface area (TPSA) is 87.4 Å². The van der Waals surface area contributed by atoms with Crippen molar-refractivity contribution < 1.29 is 5.11 Å². The lowest BCUT2D eigenvalue weighted by Crippen LogP contribution is -2.40. The summed E-state index contributed by atoms with van der Waals surface area (Å²) in [5.74, 6) is 2.29. The predicted molar refractivity (Wildman–Crippen MR) is 117 cm³/mol. The van der Waals surface area contributed by atoms with Gasteiger partial charge in [-0.15, -0.1) is 21.5 Å². The van der Waals surface area contributed by atoms with Crippen LogP contribution in [0, 0.1) is 13.8 Å². The number of nitrogens with one attached hydrogen (secondary N) is 2. The molecule has 0 amide bonds. The highest BCUT2D eigenvalue weighted by molar-refractivity contribution is 7.09. The average molecular weight is 413 g/mol. The van der Waals surface area contributed by atoms with E-state index in [4.69, 9.17) is 0 Å². The molecule has 1 atom stereocenters. The number of nitrogens with zero attached hydrogens (tertiary/aromatic N) is 4. The molecule has 0 aliphatic rings. The summed E-state index contributed by atoms with van der Waals surface area (Å²) < 4.78 is 1.92. The molecule has 3 aromatic rings. The number of hydrogen-bond acceptors (Lipinski definition) is 5. The molecule has 8 heteroatoms. The number of thiophene rings is 1. The van der Waals surface area contributed by atoms with E-state index in [1.807, 2.05) is 49.7 Å².